The molecular formula is C15H31NO. The number of methoxy groups -OCH3 is 1. The van der Waals surface area contributed by atoms with Crippen LogP contribution >= 0.6 is 0 Å². The minimum Gasteiger partial charge on any atom is -0.384 e. The lowest BCUT2D eigenvalue weighted by Crippen LogP contribution is -2.33. The van der Waals surface area contributed by atoms with Crippen molar-refractivity contribution in [1.82, 2.24) is 5.32 Å². The maximum atomic E-state index is 5.24. The summed E-state index contributed by atoms with van der Waals surface area (Å²) < 4.78 is 5.24. The van der Waals surface area contributed by atoms with Gasteiger partial charge < -0.3 is 10.1 Å². The molecule has 0 aromatic carbocycles. The molecule has 2 unspecified atom stereocenters. The van der Waals surface area contributed by atoms with Gasteiger partial charge >= 0.3 is 0 Å². The molecule has 1 aliphatic rings. The van der Waals surface area contributed by atoms with E-state index in [4.69, 9.17) is 4.74 Å². The van der Waals surface area contributed by atoms with Crippen LogP contribution in [0.2, 0.25) is 0 Å². The predicted octanol–water partition coefficient (Wildman–Crippen LogP) is 3.61. The molecule has 0 aromatic rings. The van der Waals surface area contributed by atoms with Gasteiger partial charge in [0.2, 0.25) is 0 Å². The van der Waals surface area contributed by atoms with Crippen molar-refractivity contribution in [3.8, 4) is 0 Å². The van der Waals surface area contributed by atoms with Crippen LogP contribution in [-0.2, 0) is 4.74 Å². The lowest BCUT2D eigenvalue weighted by atomic mass is 9.83. The molecule has 0 heterocycles. The van der Waals surface area contributed by atoms with Gasteiger partial charge in [0.05, 0.1) is 0 Å². The first-order valence-electron chi connectivity index (χ1n) is 7.48. The van der Waals surface area contributed by atoms with E-state index in [-0.39, 0.29) is 0 Å². The maximum Gasteiger partial charge on any atom is 0.0488 e. The Morgan fingerprint density at radius 2 is 1.94 bits per heavy atom. The van der Waals surface area contributed by atoms with E-state index in [1.165, 1.54) is 44.9 Å². The lowest BCUT2D eigenvalue weighted by molar-refractivity contribution is 0.145. The van der Waals surface area contributed by atoms with Gasteiger partial charge in [0.1, 0.15) is 0 Å². The molecular weight excluding hydrogens is 210 g/mol. The average Bonchev–Trinajstić information content (AvgIpc) is 2.31. The molecule has 0 spiro atoms. The van der Waals surface area contributed by atoms with Crippen molar-refractivity contribution in [2.75, 3.05) is 20.3 Å². The van der Waals surface area contributed by atoms with Gasteiger partial charge in [-0.25, -0.2) is 0 Å². The van der Waals surface area contributed by atoms with E-state index in [0.717, 1.165) is 19.1 Å². The van der Waals surface area contributed by atoms with Gasteiger partial charge in [-0.2, -0.15) is 0 Å². The van der Waals surface area contributed by atoms with Crippen molar-refractivity contribution in [3.05, 3.63) is 0 Å². The second-order valence-electron chi connectivity index (χ2n) is 5.79. The molecule has 1 saturated carbocycles. The molecule has 1 rings (SSSR count). The van der Waals surface area contributed by atoms with Crippen molar-refractivity contribution in [2.45, 2.75) is 64.8 Å². The molecule has 0 aliphatic heterocycles. The van der Waals surface area contributed by atoms with Crippen LogP contribution in [0.25, 0.3) is 0 Å². The van der Waals surface area contributed by atoms with Crippen molar-refractivity contribution in [1.29, 1.82) is 0 Å². The number of rotatable bonds is 8. The number of hydrogen-bond donors (Lipinski definition) is 1. The summed E-state index contributed by atoms with van der Waals surface area (Å²) in [6.45, 7) is 6.51. The van der Waals surface area contributed by atoms with E-state index >= 15 is 0 Å². The normalized spacial score (nSPS) is 21.4. The fourth-order valence-corrected chi connectivity index (χ4v) is 3.22. The molecule has 0 aromatic heterocycles. The number of nitrogens with one attached hydrogen (secondary N) is 1. The summed E-state index contributed by atoms with van der Waals surface area (Å²) in [5.41, 5.74) is 0. The van der Waals surface area contributed by atoms with E-state index in [9.17, 15) is 0 Å². The quantitative estimate of drug-likeness (QED) is 0.701. The molecule has 102 valence electrons. The van der Waals surface area contributed by atoms with E-state index < -0.39 is 0 Å². The van der Waals surface area contributed by atoms with Crippen LogP contribution in [0.15, 0.2) is 0 Å². The summed E-state index contributed by atoms with van der Waals surface area (Å²) in [4.78, 5) is 0. The van der Waals surface area contributed by atoms with Crippen molar-refractivity contribution in [3.63, 3.8) is 0 Å². The highest BCUT2D eigenvalue weighted by atomic mass is 16.5. The summed E-state index contributed by atoms with van der Waals surface area (Å²) >= 11 is 0. The molecule has 2 nitrogen and oxygen atoms in total. The Labute approximate surface area is 108 Å². The molecule has 0 bridgehead atoms. The van der Waals surface area contributed by atoms with Gasteiger partial charge in [-0.05, 0) is 31.2 Å². The van der Waals surface area contributed by atoms with Crippen molar-refractivity contribution >= 4 is 0 Å². The first-order valence-corrected chi connectivity index (χ1v) is 7.48. The molecule has 0 amide bonds. The summed E-state index contributed by atoms with van der Waals surface area (Å²) in [5.74, 6) is 1.65. The van der Waals surface area contributed by atoms with E-state index in [1.807, 2.05) is 0 Å². The Morgan fingerprint density at radius 3 is 2.53 bits per heavy atom. The zero-order chi connectivity index (χ0) is 12.5. The molecule has 1 fully saturated rings. The smallest absolute Gasteiger partial charge is 0.0488 e. The topological polar surface area (TPSA) is 21.3 Å². The Morgan fingerprint density at radius 1 is 1.24 bits per heavy atom. The Hall–Kier alpha value is -0.0800. The van der Waals surface area contributed by atoms with Gasteiger partial charge in [-0.15, -0.1) is 0 Å². The third-order valence-electron chi connectivity index (χ3n) is 3.97. The Kier molecular flexibility index (Phi) is 7.87. The molecule has 0 radical (unpaired) electrons. The first kappa shape index (κ1) is 15.0. The fourth-order valence-electron chi connectivity index (χ4n) is 3.22. The average molecular weight is 241 g/mol. The van der Waals surface area contributed by atoms with Crippen LogP contribution in [0, 0.1) is 11.8 Å². The van der Waals surface area contributed by atoms with Gasteiger partial charge in [0.25, 0.3) is 0 Å². The summed E-state index contributed by atoms with van der Waals surface area (Å²) in [6.07, 6.45) is 9.93. The molecule has 0 saturated heterocycles. The Bertz CT molecular complexity index is 178. The SMILES string of the molecule is CCNC(CC(C)COC)CC1CCCCC1. The molecule has 2 atom stereocenters. The third-order valence-corrected chi connectivity index (χ3v) is 3.97. The Balaban J connectivity index is 2.30. The molecule has 1 aliphatic carbocycles. The second-order valence-corrected chi connectivity index (χ2v) is 5.79. The molecule has 1 N–H and O–H groups in total. The summed E-state index contributed by atoms with van der Waals surface area (Å²) in [7, 11) is 1.81. The van der Waals surface area contributed by atoms with Crippen molar-refractivity contribution in [2.24, 2.45) is 11.8 Å². The van der Waals surface area contributed by atoms with Crippen molar-refractivity contribution < 1.29 is 4.74 Å². The molecule has 2 heteroatoms. The lowest BCUT2D eigenvalue weighted by Gasteiger charge is -2.28. The highest BCUT2D eigenvalue weighted by Crippen LogP contribution is 2.28. The maximum absolute atomic E-state index is 5.24. The van der Waals surface area contributed by atoms with E-state index in [1.54, 1.807) is 7.11 Å². The van der Waals surface area contributed by atoms with Crippen LogP contribution < -0.4 is 5.32 Å². The summed E-state index contributed by atoms with van der Waals surface area (Å²) in [5, 5.41) is 3.66. The van der Waals surface area contributed by atoms with Crippen LogP contribution in [-0.4, -0.2) is 26.3 Å². The van der Waals surface area contributed by atoms with Crippen LogP contribution in [0.1, 0.15) is 58.8 Å². The number of hydrogen-bond acceptors (Lipinski definition) is 2. The predicted molar refractivity (Wildman–Crippen MR) is 74.3 cm³/mol. The van der Waals surface area contributed by atoms with Crippen LogP contribution in [0.3, 0.4) is 0 Å². The molecule has 17 heavy (non-hydrogen) atoms. The van der Waals surface area contributed by atoms with Crippen LogP contribution in [0.4, 0.5) is 0 Å². The zero-order valence-corrected chi connectivity index (χ0v) is 12.0. The van der Waals surface area contributed by atoms with Gasteiger partial charge in [-0.1, -0.05) is 46.0 Å². The highest BCUT2D eigenvalue weighted by molar-refractivity contribution is 4.76. The minimum absolute atomic E-state index is 0.674. The van der Waals surface area contributed by atoms with Crippen LogP contribution in [0.5, 0.6) is 0 Å². The van der Waals surface area contributed by atoms with E-state index in [0.29, 0.717) is 12.0 Å². The second kappa shape index (κ2) is 8.93. The minimum atomic E-state index is 0.674. The highest BCUT2D eigenvalue weighted by Gasteiger charge is 2.19. The largest absolute Gasteiger partial charge is 0.384 e. The van der Waals surface area contributed by atoms with Gasteiger partial charge in [-0.3, -0.25) is 0 Å². The first-order chi connectivity index (χ1) is 8.26. The fraction of sp³-hybridized carbons (Fsp3) is 1.00. The van der Waals surface area contributed by atoms with Gasteiger partial charge in [0, 0.05) is 19.8 Å². The standard InChI is InChI=1S/C15H31NO/c1-4-16-15(10-13(2)12-17-3)11-14-8-6-5-7-9-14/h13-16H,4-12H2,1-3H3. The third kappa shape index (κ3) is 6.42. The van der Waals surface area contributed by atoms with Gasteiger partial charge in [0.15, 0.2) is 0 Å². The zero-order valence-electron chi connectivity index (χ0n) is 12.0. The monoisotopic (exact) mass is 241 g/mol. The number of ether oxygens (including phenoxy) is 1. The van der Waals surface area contributed by atoms with E-state index in [2.05, 4.69) is 19.2 Å². The summed E-state index contributed by atoms with van der Waals surface area (Å²) in [6, 6.07) is 0.702.